The highest BCUT2D eigenvalue weighted by molar-refractivity contribution is 5.98. The van der Waals surface area contributed by atoms with Gasteiger partial charge in [0.1, 0.15) is 12.1 Å². The van der Waals surface area contributed by atoms with E-state index < -0.39 is 0 Å². The number of aryl methyl sites for hydroxylation is 1. The Morgan fingerprint density at radius 3 is 2.92 bits per heavy atom. The highest BCUT2D eigenvalue weighted by Crippen LogP contribution is 2.31. The van der Waals surface area contributed by atoms with Crippen LogP contribution in [0.4, 0.5) is 0 Å². The molecule has 0 bridgehead atoms. The zero-order chi connectivity index (χ0) is 17.6. The smallest absolute Gasteiger partial charge is 0.278 e. The van der Waals surface area contributed by atoms with Gasteiger partial charge in [-0.05, 0) is 18.2 Å². The molecular formula is C17H17N5O3. The number of carbonyl (C=O) groups is 1. The molecule has 0 spiro atoms. The number of hydrogen-bond acceptors (Lipinski definition) is 6. The third-order valence-electron chi connectivity index (χ3n) is 4.28. The maximum absolute atomic E-state index is 12.8. The summed E-state index contributed by atoms with van der Waals surface area (Å²) >= 11 is 0. The minimum atomic E-state index is -0.0803. The molecule has 0 saturated carbocycles. The van der Waals surface area contributed by atoms with Crippen molar-refractivity contribution < 1.29 is 14.1 Å². The molecule has 8 heteroatoms. The lowest BCUT2D eigenvalue weighted by Crippen LogP contribution is -2.25. The van der Waals surface area contributed by atoms with Gasteiger partial charge in [0.15, 0.2) is 11.5 Å². The van der Waals surface area contributed by atoms with Gasteiger partial charge in [0.05, 0.1) is 30.6 Å². The Balaban J connectivity index is 1.90. The number of imidazole rings is 1. The number of benzene rings is 1. The van der Waals surface area contributed by atoms with Crippen LogP contribution in [0.25, 0.3) is 17.3 Å². The molecule has 2 aromatic heterocycles. The monoisotopic (exact) mass is 339 g/mol. The number of nitrogens with zero attached hydrogens (tertiary/aromatic N) is 5. The van der Waals surface area contributed by atoms with Crippen molar-refractivity contribution in [3.63, 3.8) is 0 Å². The third kappa shape index (κ3) is 2.37. The van der Waals surface area contributed by atoms with E-state index in [2.05, 4.69) is 15.1 Å². The van der Waals surface area contributed by atoms with E-state index in [9.17, 15) is 4.79 Å². The van der Waals surface area contributed by atoms with Crippen molar-refractivity contribution in [1.82, 2.24) is 24.6 Å². The Morgan fingerprint density at radius 1 is 1.36 bits per heavy atom. The van der Waals surface area contributed by atoms with Gasteiger partial charge in [0, 0.05) is 13.5 Å². The summed E-state index contributed by atoms with van der Waals surface area (Å²) in [6, 6.07) is 5.42. The molecule has 1 amide bonds. The Labute approximate surface area is 144 Å². The molecule has 0 atom stereocenters. The van der Waals surface area contributed by atoms with Crippen molar-refractivity contribution in [2.24, 2.45) is 0 Å². The molecule has 1 aromatic carbocycles. The summed E-state index contributed by atoms with van der Waals surface area (Å²) in [5.74, 6) is 1.54. The minimum absolute atomic E-state index is 0.0803. The Hall–Kier alpha value is -3.16. The summed E-state index contributed by atoms with van der Waals surface area (Å²) in [6.45, 7) is 2.34. The van der Waals surface area contributed by atoms with Crippen LogP contribution >= 0.6 is 0 Å². The number of aromatic nitrogens is 4. The van der Waals surface area contributed by atoms with Crippen molar-refractivity contribution in [3.8, 4) is 23.0 Å². The number of fused-ring (bicyclic) bond motifs is 3. The number of ether oxygens (including phenoxy) is 1. The van der Waals surface area contributed by atoms with E-state index in [0.29, 0.717) is 41.7 Å². The summed E-state index contributed by atoms with van der Waals surface area (Å²) < 4.78 is 12.5. The number of hydrogen-bond donors (Lipinski definition) is 0. The first-order valence-corrected chi connectivity index (χ1v) is 7.95. The second kappa shape index (κ2) is 5.73. The van der Waals surface area contributed by atoms with Gasteiger partial charge < -0.3 is 14.2 Å². The zero-order valence-electron chi connectivity index (χ0n) is 14.2. The van der Waals surface area contributed by atoms with Gasteiger partial charge in [-0.2, -0.15) is 4.98 Å². The van der Waals surface area contributed by atoms with Crippen LogP contribution in [0.1, 0.15) is 28.8 Å². The van der Waals surface area contributed by atoms with Crippen LogP contribution in [0.2, 0.25) is 0 Å². The topological polar surface area (TPSA) is 86.3 Å². The van der Waals surface area contributed by atoms with Crippen LogP contribution in [-0.4, -0.2) is 44.7 Å². The molecule has 8 nitrogen and oxygen atoms in total. The van der Waals surface area contributed by atoms with Crippen molar-refractivity contribution in [2.45, 2.75) is 19.9 Å². The van der Waals surface area contributed by atoms with Crippen molar-refractivity contribution in [3.05, 3.63) is 41.6 Å². The standard InChI is InChI=1S/C17H17N5O3/c1-4-14-19-16(25-20-14)15-13-8-21(2)17(23)11-7-10(24-3)5-6-12(11)22(13)9-18-15/h5-7,9H,4,8H2,1-3H3. The molecular weight excluding hydrogens is 322 g/mol. The number of rotatable bonds is 3. The molecule has 0 N–H and O–H groups in total. The van der Waals surface area contributed by atoms with Gasteiger partial charge in [0.2, 0.25) is 0 Å². The van der Waals surface area contributed by atoms with E-state index in [1.807, 2.05) is 23.6 Å². The van der Waals surface area contributed by atoms with E-state index in [1.54, 1.807) is 31.5 Å². The van der Waals surface area contributed by atoms with Crippen LogP contribution in [0, 0.1) is 0 Å². The summed E-state index contributed by atoms with van der Waals surface area (Å²) in [5.41, 5.74) is 2.73. The van der Waals surface area contributed by atoms with E-state index in [1.165, 1.54) is 0 Å². The van der Waals surface area contributed by atoms with Gasteiger partial charge in [-0.1, -0.05) is 12.1 Å². The van der Waals surface area contributed by atoms with Gasteiger partial charge in [-0.15, -0.1) is 0 Å². The quantitative estimate of drug-likeness (QED) is 0.726. The lowest BCUT2D eigenvalue weighted by atomic mass is 10.1. The summed E-state index contributed by atoms with van der Waals surface area (Å²) in [4.78, 5) is 23.2. The molecule has 0 unspecified atom stereocenters. The van der Waals surface area contributed by atoms with Crippen LogP contribution < -0.4 is 4.74 Å². The molecule has 3 heterocycles. The molecule has 1 aliphatic rings. The Bertz CT molecular complexity index is 959. The van der Waals surface area contributed by atoms with Gasteiger partial charge in [-0.3, -0.25) is 9.36 Å². The fourth-order valence-electron chi connectivity index (χ4n) is 2.93. The van der Waals surface area contributed by atoms with Gasteiger partial charge in [0.25, 0.3) is 11.8 Å². The molecule has 4 rings (SSSR count). The van der Waals surface area contributed by atoms with E-state index >= 15 is 0 Å². The summed E-state index contributed by atoms with van der Waals surface area (Å²) in [6.07, 6.45) is 2.36. The van der Waals surface area contributed by atoms with Crippen LogP contribution in [0.15, 0.2) is 29.0 Å². The van der Waals surface area contributed by atoms with E-state index in [4.69, 9.17) is 9.26 Å². The number of amides is 1. The second-order valence-corrected chi connectivity index (χ2v) is 5.82. The molecule has 128 valence electrons. The molecule has 0 radical (unpaired) electrons. The first-order valence-electron chi connectivity index (χ1n) is 7.95. The van der Waals surface area contributed by atoms with Crippen LogP contribution in [-0.2, 0) is 13.0 Å². The highest BCUT2D eigenvalue weighted by atomic mass is 16.5. The predicted molar refractivity (Wildman–Crippen MR) is 88.6 cm³/mol. The fraction of sp³-hybridized carbons (Fsp3) is 0.294. The second-order valence-electron chi connectivity index (χ2n) is 5.82. The normalized spacial score (nSPS) is 13.4. The molecule has 0 fully saturated rings. The fourth-order valence-corrected chi connectivity index (χ4v) is 2.93. The molecule has 3 aromatic rings. The van der Waals surface area contributed by atoms with Crippen LogP contribution in [0.5, 0.6) is 5.75 Å². The maximum atomic E-state index is 12.8. The van der Waals surface area contributed by atoms with Crippen LogP contribution in [0.3, 0.4) is 0 Å². The SMILES string of the molecule is CCc1noc(-c2ncn3c2CN(C)C(=O)c2cc(OC)ccc2-3)n1. The first kappa shape index (κ1) is 15.4. The highest BCUT2D eigenvalue weighted by Gasteiger charge is 2.28. The predicted octanol–water partition coefficient (Wildman–Crippen LogP) is 2.08. The number of carbonyl (C=O) groups excluding carboxylic acids is 1. The zero-order valence-corrected chi connectivity index (χ0v) is 14.2. The summed E-state index contributed by atoms with van der Waals surface area (Å²) in [5, 5.41) is 3.93. The lowest BCUT2D eigenvalue weighted by molar-refractivity contribution is 0.0788. The largest absolute Gasteiger partial charge is 0.497 e. The van der Waals surface area contributed by atoms with E-state index in [-0.39, 0.29) is 5.91 Å². The van der Waals surface area contributed by atoms with E-state index in [0.717, 1.165) is 11.4 Å². The molecule has 0 saturated heterocycles. The molecule has 1 aliphatic heterocycles. The Kier molecular flexibility index (Phi) is 3.52. The average Bonchev–Trinajstić information content (AvgIpc) is 3.25. The minimum Gasteiger partial charge on any atom is -0.497 e. The molecule has 0 aliphatic carbocycles. The third-order valence-corrected chi connectivity index (χ3v) is 4.28. The maximum Gasteiger partial charge on any atom is 0.278 e. The number of methoxy groups -OCH3 is 1. The Morgan fingerprint density at radius 2 is 2.20 bits per heavy atom. The lowest BCUT2D eigenvalue weighted by Gasteiger charge is -2.14. The first-order chi connectivity index (χ1) is 12.1. The van der Waals surface area contributed by atoms with Gasteiger partial charge >= 0.3 is 0 Å². The van der Waals surface area contributed by atoms with Crippen molar-refractivity contribution >= 4 is 5.91 Å². The van der Waals surface area contributed by atoms with Crippen molar-refractivity contribution in [2.75, 3.05) is 14.2 Å². The van der Waals surface area contributed by atoms with Gasteiger partial charge in [-0.25, -0.2) is 4.98 Å². The average molecular weight is 339 g/mol. The molecule has 25 heavy (non-hydrogen) atoms. The van der Waals surface area contributed by atoms with Crippen molar-refractivity contribution in [1.29, 1.82) is 0 Å². The summed E-state index contributed by atoms with van der Waals surface area (Å²) in [7, 11) is 3.33.